The van der Waals surface area contributed by atoms with E-state index < -0.39 is 12.1 Å². The summed E-state index contributed by atoms with van der Waals surface area (Å²) >= 11 is 0. The van der Waals surface area contributed by atoms with E-state index in [0.29, 0.717) is 29.0 Å². The maximum atomic E-state index is 11.3. The van der Waals surface area contributed by atoms with Crippen molar-refractivity contribution in [1.29, 1.82) is 0 Å². The Kier molecular flexibility index (Phi) is 5.32. The number of pyridine rings is 1. The molecule has 0 unspecified atom stereocenters. The van der Waals surface area contributed by atoms with Crippen LogP contribution in [0.25, 0.3) is 21.8 Å². The quantitative estimate of drug-likeness (QED) is 0.381. The van der Waals surface area contributed by atoms with Crippen molar-refractivity contribution in [3.8, 4) is 5.75 Å². The van der Waals surface area contributed by atoms with Crippen LogP contribution in [-0.4, -0.2) is 36.7 Å². The summed E-state index contributed by atoms with van der Waals surface area (Å²) in [5, 5.41) is 14.3. The van der Waals surface area contributed by atoms with Gasteiger partial charge in [-0.25, -0.2) is 14.8 Å². The van der Waals surface area contributed by atoms with Crippen molar-refractivity contribution in [2.24, 2.45) is 0 Å². The van der Waals surface area contributed by atoms with Crippen LogP contribution in [0.3, 0.4) is 0 Å². The molecule has 5 rings (SSSR count). The molecule has 33 heavy (non-hydrogen) atoms. The average molecular weight is 439 g/mol. The lowest BCUT2D eigenvalue weighted by Gasteiger charge is -2.15. The molecule has 0 aliphatic heterocycles. The Bertz CT molecular complexity index is 1440. The molecule has 0 fully saturated rings. The minimum Gasteiger partial charge on any atom is -0.479 e. The third kappa shape index (κ3) is 4.18. The molecule has 0 radical (unpaired) electrons. The Morgan fingerprint density at radius 3 is 2.82 bits per heavy atom. The highest BCUT2D eigenvalue weighted by Gasteiger charge is 2.17. The molecule has 5 aromatic rings. The predicted octanol–water partition coefficient (Wildman–Crippen LogP) is 4.62. The number of carbonyl (C=O) groups is 1. The first kappa shape index (κ1) is 20.4. The van der Waals surface area contributed by atoms with Gasteiger partial charge < -0.3 is 19.7 Å². The molecule has 164 valence electrons. The van der Waals surface area contributed by atoms with Crippen LogP contribution in [0.1, 0.15) is 12.6 Å². The summed E-state index contributed by atoms with van der Waals surface area (Å²) in [6.45, 7) is 2.18. The van der Waals surface area contributed by atoms with E-state index in [2.05, 4.69) is 30.9 Å². The molecule has 0 saturated heterocycles. The van der Waals surface area contributed by atoms with Crippen molar-refractivity contribution in [3.63, 3.8) is 0 Å². The minimum absolute atomic E-state index is 0.410. The highest BCUT2D eigenvalue weighted by atomic mass is 16.5. The van der Waals surface area contributed by atoms with E-state index in [9.17, 15) is 9.90 Å². The van der Waals surface area contributed by atoms with Gasteiger partial charge in [-0.3, -0.25) is 4.98 Å². The fraction of sp³-hybridized carbons (Fsp3) is 0.120. The summed E-state index contributed by atoms with van der Waals surface area (Å²) < 4.78 is 7.82. The van der Waals surface area contributed by atoms with Gasteiger partial charge in [0.25, 0.3) is 0 Å². The summed E-state index contributed by atoms with van der Waals surface area (Å²) in [6.07, 6.45) is 4.31. The molecule has 1 atom stereocenters. The lowest BCUT2D eigenvalue weighted by Crippen LogP contribution is -2.23. The predicted molar refractivity (Wildman–Crippen MR) is 126 cm³/mol. The number of anilines is 2. The van der Waals surface area contributed by atoms with Crippen molar-refractivity contribution < 1.29 is 14.6 Å². The molecule has 2 N–H and O–H groups in total. The zero-order valence-electron chi connectivity index (χ0n) is 17.8. The molecule has 8 nitrogen and oxygen atoms in total. The van der Waals surface area contributed by atoms with Crippen molar-refractivity contribution in [1.82, 2.24) is 19.5 Å². The second-order valence-electron chi connectivity index (χ2n) is 7.63. The Labute approximate surface area is 189 Å². The van der Waals surface area contributed by atoms with E-state index in [1.807, 2.05) is 48.7 Å². The number of carboxylic acids is 1. The second-order valence-corrected chi connectivity index (χ2v) is 7.63. The van der Waals surface area contributed by atoms with E-state index >= 15 is 0 Å². The number of aromatic nitrogens is 4. The van der Waals surface area contributed by atoms with Crippen LogP contribution in [0.2, 0.25) is 0 Å². The molecule has 3 heterocycles. The van der Waals surface area contributed by atoms with E-state index in [1.165, 1.54) is 13.3 Å². The van der Waals surface area contributed by atoms with Crippen LogP contribution in [0.15, 0.2) is 79.4 Å². The SMILES string of the molecule is C[C@@H](Oc1cccc2ncnc(Nc3ccc4c(ccn4Cc4ccccn4)c3)c12)C(=O)O. The Morgan fingerprint density at radius 2 is 2.00 bits per heavy atom. The number of hydrogen-bond acceptors (Lipinski definition) is 6. The van der Waals surface area contributed by atoms with E-state index in [4.69, 9.17) is 4.74 Å². The minimum atomic E-state index is -1.04. The maximum absolute atomic E-state index is 11.3. The lowest BCUT2D eigenvalue weighted by atomic mass is 10.2. The molecule has 0 aliphatic rings. The number of hydrogen-bond donors (Lipinski definition) is 2. The van der Waals surface area contributed by atoms with E-state index in [-0.39, 0.29) is 0 Å². The molecule has 0 spiro atoms. The van der Waals surface area contributed by atoms with Gasteiger partial charge >= 0.3 is 5.97 Å². The Morgan fingerprint density at radius 1 is 1.09 bits per heavy atom. The Hall–Kier alpha value is -4.46. The van der Waals surface area contributed by atoms with E-state index in [1.54, 1.807) is 18.3 Å². The van der Waals surface area contributed by atoms with Gasteiger partial charge in [0, 0.05) is 29.0 Å². The smallest absolute Gasteiger partial charge is 0.344 e. The normalized spacial score (nSPS) is 12.0. The third-order valence-electron chi connectivity index (χ3n) is 5.37. The van der Waals surface area contributed by atoms with Gasteiger partial charge in [-0.1, -0.05) is 12.1 Å². The number of aliphatic carboxylic acids is 1. The van der Waals surface area contributed by atoms with Gasteiger partial charge in [0.15, 0.2) is 6.10 Å². The number of carboxylic acid groups (broad SMARTS) is 1. The summed E-state index contributed by atoms with van der Waals surface area (Å²) in [4.78, 5) is 24.4. The van der Waals surface area contributed by atoms with Gasteiger partial charge in [0.2, 0.25) is 0 Å². The first-order valence-electron chi connectivity index (χ1n) is 10.5. The number of nitrogens with zero attached hydrogens (tertiary/aromatic N) is 4. The number of nitrogens with one attached hydrogen (secondary N) is 1. The molecule has 0 amide bonds. The lowest BCUT2D eigenvalue weighted by molar-refractivity contribution is -0.144. The molecule has 2 aromatic carbocycles. The topological polar surface area (TPSA) is 102 Å². The van der Waals surface area contributed by atoms with Crippen molar-refractivity contribution in [2.75, 3.05) is 5.32 Å². The fourth-order valence-corrected chi connectivity index (χ4v) is 3.73. The van der Waals surface area contributed by atoms with Gasteiger partial charge in [-0.15, -0.1) is 0 Å². The number of benzene rings is 2. The van der Waals surface area contributed by atoms with Crippen LogP contribution < -0.4 is 10.1 Å². The molecular formula is C25H21N5O3. The van der Waals surface area contributed by atoms with Crippen LogP contribution in [0, 0.1) is 0 Å². The number of ether oxygens (including phenoxy) is 1. The molecule has 3 aromatic heterocycles. The van der Waals surface area contributed by atoms with Gasteiger partial charge in [-0.2, -0.15) is 0 Å². The molecule has 0 saturated carbocycles. The molecule has 0 aliphatic carbocycles. The van der Waals surface area contributed by atoms with Gasteiger partial charge in [0.05, 0.1) is 23.1 Å². The monoisotopic (exact) mass is 439 g/mol. The average Bonchev–Trinajstić information content (AvgIpc) is 3.21. The largest absolute Gasteiger partial charge is 0.479 e. The first-order valence-corrected chi connectivity index (χ1v) is 10.5. The van der Waals surface area contributed by atoms with Gasteiger partial charge in [-0.05, 0) is 55.5 Å². The summed E-state index contributed by atoms with van der Waals surface area (Å²) in [7, 11) is 0. The van der Waals surface area contributed by atoms with Crippen molar-refractivity contribution in [2.45, 2.75) is 19.6 Å². The number of fused-ring (bicyclic) bond motifs is 2. The highest BCUT2D eigenvalue weighted by molar-refractivity contribution is 5.96. The molecular weight excluding hydrogens is 418 g/mol. The first-order chi connectivity index (χ1) is 16.1. The highest BCUT2D eigenvalue weighted by Crippen LogP contribution is 2.33. The standard InChI is InChI=1S/C25H21N5O3/c1-16(25(31)32)33-22-7-4-6-20-23(22)24(28-15-27-20)29-18-8-9-21-17(13-18)10-12-30(21)14-19-5-2-3-11-26-19/h2-13,15-16H,14H2,1H3,(H,31,32)(H,27,28,29)/t16-/m1/s1. The third-order valence-corrected chi connectivity index (χ3v) is 5.37. The number of rotatable bonds is 7. The zero-order valence-corrected chi connectivity index (χ0v) is 17.8. The van der Waals surface area contributed by atoms with Crippen LogP contribution >= 0.6 is 0 Å². The Balaban J connectivity index is 1.47. The fourth-order valence-electron chi connectivity index (χ4n) is 3.73. The van der Waals surface area contributed by atoms with Crippen molar-refractivity contribution >= 4 is 39.3 Å². The van der Waals surface area contributed by atoms with Crippen LogP contribution in [-0.2, 0) is 11.3 Å². The van der Waals surface area contributed by atoms with Crippen LogP contribution in [0.5, 0.6) is 5.75 Å². The second kappa shape index (κ2) is 8.58. The van der Waals surface area contributed by atoms with Crippen molar-refractivity contribution in [3.05, 3.63) is 85.1 Å². The van der Waals surface area contributed by atoms with Gasteiger partial charge in [0.1, 0.15) is 17.9 Å². The molecule has 0 bridgehead atoms. The van der Waals surface area contributed by atoms with E-state index in [0.717, 1.165) is 22.3 Å². The molecule has 8 heteroatoms. The summed E-state index contributed by atoms with van der Waals surface area (Å²) in [6, 6.07) is 19.4. The zero-order chi connectivity index (χ0) is 22.8. The summed E-state index contributed by atoms with van der Waals surface area (Å²) in [5.41, 5.74) is 3.59. The maximum Gasteiger partial charge on any atom is 0.344 e. The summed E-state index contributed by atoms with van der Waals surface area (Å²) in [5.74, 6) is -0.0902. The van der Waals surface area contributed by atoms with Crippen LogP contribution in [0.4, 0.5) is 11.5 Å².